The van der Waals surface area contributed by atoms with Crippen LogP contribution in [0.2, 0.25) is 0 Å². The predicted octanol–water partition coefficient (Wildman–Crippen LogP) is 2.48. The lowest BCUT2D eigenvalue weighted by Crippen LogP contribution is -2.43. The van der Waals surface area contributed by atoms with Crippen LogP contribution < -0.4 is 5.73 Å². The fraction of sp³-hybridized carbons (Fsp3) is 1.00. The van der Waals surface area contributed by atoms with Crippen molar-refractivity contribution in [2.75, 3.05) is 19.6 Å². The highest BCUT2D eigenvalue weighted by atomic mass is 15.1. The van der Waals surface area contributed by atoms with E-state index in [1.165, 1.54) is 45.2 Å². The first-order valence-corrected chi connectivity index (χ1v) is 7.17. The Kier molecular flexibility index (Phi) is 4.26. The van der Waals surface area contributed by atoms with E-state index in [1.54, 1.807) is 0 Å². The molecule has 16 heavy (non-hydrogen) atoms. The Morgan fingerprint density at radius 3 is 2.00 bits per heavy atom. The molecule has 0 aromatic heterocycles. The van der Waals surface area contributed by atoms with Crippen molar-refractivity contribution >= 4 is 0 Å². The molecule has 0 aliphatic heterocycles. The third kappa shape index (κ3) is 4.06. The number of hydrogen-bond donors (Lipinski definition) is 1. The van der Waals surface area contributed by atoms with E-state index < -0.39 is 0 Å². The van der Waals surface area contributed by atoms with Crippen molar-refractivity contribution in [3.8, 4) is 0 Å². The van der Waals surface area contributed by atoms with E-state index in [9.17, 15) is 0 Å². The molecule has 2 nitrogen and oxygen atoms in total. The van der Waals surface area contributed by atoms with E-state index in [0.29, 0.717) is 12.0 Å². The molecule has 2 unspecified atom stereocenters. The third-order valence-electron chi connectivity index (χ3n) is 4.27. The van der Waals surface area contributed by atoms with Crippen LogP contribution in [-0.2, 0) is 0 Å². The maximum atomic E-state index is 6.28. The largest absolute Gasteiger partial charge is 0.326 e. The molecule has 94 valence electrons. The zero-order valence-corrected chi connectivity index (χ0v) is 11.0. The Bertz CT molecular complexity index is 195. The van der Waals surface area contributed by atoms with Crippen LogP contribution in [-0.4, -0.2) is 30.6 Å². The number of nitrogens with zero attached hydrogens (tertiary/aromatic N) is 1. The molecular formula is C14H28N2. The highest BCUT2D eigenvalue weighted by Crippen LogP contribution is 2.33. The van der Waals surface area contributed by atoms with Crippen molar-refractivity contribution < 1.29 is 0 Å². The van der Waals surface area contributed by atoms with Gasteiger partial charge in [-0.2, -0.15) is 0 Å². The maximum absolute atomic E-state index is 6.28. The summed E-state index contributed by atoms with van der Waals surface area (Å²) >= 11 is 0. The summed E-state index contributed by atoms with van der Waals surface area (Å²) in [5, 5.41) is 0. The minimum atomic E-state index is 0.377. The standard InChI is InChI=1S/C14H28N2/c1-3-11(2)14(15)10-16(8-12-4-5-12)9-13-6-7-13/h11-14H,3-10,15H2,1-2H3. The lowest BCUT2D eigenvalue weighted by molar-refractivity contribution is 0.216. The first-order chi connectivity index (χ1) is 7.69. The van der Waals surface area contributed by atoms with Crippen molar-refractivity contribution in [1.29, 1.82) is 0 Å². The van der Waals surface area contributed by atoms with Crippen LogP contribution in [0.3, 0.4) is 0 Å². The average Bonchev–Trinajstić information content (AvgIpc) is 3.12. The molecule has 2 saturated carbocycles. The highest BCUT2D eigenvalue weighted by molar-refractivity contribution is 4.84. The van der Waals surface area contributed by atoms with E-state index >= 15 is 0 Å². The van der Waals surface area contributed by atoms with Gasteiger partial charge in [-0.25, -0.2) is 0 Å². The van der Waals surface area contributed by atoms with E-state index in [4.69, 9.17) is 5.73 Å². The molecule has 2 fully saturated rings. The second-order valence-electron chi connectivity index (χ2n) is 6.15. The molecule has 2 aliphatic rings. The second kappa shape index (κ2) is 5.50. The van der Waals surface area contributed by atoms with Crippen molar-refractivity contribution in [2.24, 2.45) is 23.5 Å². The highest BCUT2D eigenvalue weighted by Gasteiger charge is 2.30. The molecule has 0 bridgehead atoms. The van der Waals surface area contributed by atoms with Gasteiger partial charge in [-0.3, -0.25) is 0 Å². The normalized spacial score (nSPS) is 24.8. The zero-order chi connectivity index (χ0) is 11.5. The number of nitrogens with two attached hydrogens (primary N) is 1. The Hall–Kier alpha value is -0.0800. The van der Waals surface area contributed by atoms with Gasteiger partial charge in [-0.05, 0) is 43.4 Å². The van der Waals surface area contributed by atoms with Gasteiger partial charge in [0.25, 0.3) is 0 Å². The predicted molar refractivity (Wildman–Crippen MR) is 69.3 cm³/mol. The molecule has 2 N–H and O–H groups in total. The van der Waals surface area contributed by atoms with Crippen LogP contribution in [0, 0.1) is 17.8 Å². The molecule has 0 aromatic rings. The quantitative estimate of drug-likeness (QED) is 0.686. The summed E-state index contributed by atoms with van der Waals surface area (Å²) in [6.07, 6.45) is 7.04. The van der Waals surface area contributed by atoms with Gasteiger partial charge in [0.2, 0.25) is 0 Å². The SMILES string of the molecule is CCC(C)C(N)CN(CC1CC1)CC1CC1. The van der Waals surface area contributed by atoms with Gasteiger partial charge in [0.15, 0.2) is 0 Å². The minimum absolute atomic E-state index is 0.377. The maximum Gasteiger partial charge on any atom is 0.0193 e. The van der Waals surface area contributed by atoms with Crippen LogP contribution in [0.4, 0.5) is 0 Å². The molecule has 2 rings (SSSR count). The molecule has 0 amide bonds. The molecule has 0 saturated heterocycles. The van der Waals surface area contributed by atoms with Gasteiger partial charge >= 0.3 is 0 Å². The third-order valence-corrected chi connectivity index (χ3v) is 4.27. The molecule has 0 spiro atoms. The fourth-order valence-corrected chi connectivity index (χ4v) is 2.34. The van der Waals surface area contributed by atoms with E-state index in [1.807, 2.05) is 0 Å². The summed E-state index contributed by atoms with van der Waals surface area (Å²) in [5.41, 5.74) is 6.28. The minimum Gasteiger partial charge on any atom is -0.326 e. The number of hydrogen-bond acceptors (Lipinski definition) is 2. The molecule has 0 aromatic carbocycles. The Labute approximate surface area is 101 Å². The molecular weight excluding hydrogens is 196 g/mol. The summed E-state index contributed by atoms with van der Waals surface area (Å²) in [7, 11) is 0. The number of rotatable bonds is 8. The fourth-order valence-electron chi connectivity index (χ4n) is 2.34. The topological polar surface area (TPSA) is 29.3 Å². The van der Waals surface area contributed by atoms with E-state index in [0.717, 1.165) is 18.4 Å². The van der Waals surface area contributed by atoms with Gasteiger partial charge in [0.1, 0.15) is 0 Å². The van der Waals surface area contributed by atoms with Crippen molar-refractivity contribution in [2.45, 2.75) is 52.0 Å². The molecule has 2 atom stereocenters. The summed E-state index contributed by atoms with van der Waals surface area (Å²) in [4.78, 5) is 2.66. The Morgan fingerprint density at radius 2 is 1.62 bits per heavy atom. The van der Waals surface area contributed by atoms with Crippen molar-refractivity contribution in [3.63, 3.8) is 0 Å². The monoisotopic (exact) mass is 224 g/mol. The summed E-state index contributed by atoms with van der Waals surface area (Å²) in [5.74, 6) is 2.67. The Morgan fingerprint density at radius 1 is 1.12 bits per heavy atom. The molecule has 0 radical (unpaired) electrons. The van der Waals surface area contributed by atoms with Crippen LogP contribution in [0.15, 0.2) is 0 Å². The van der Waals surface area contributed by atoms with Crippen molar-refractivity contribution in [3.05, 3.63) is 0 Å². The zero-order valence-electron chi connectivity index (χ0n) is 11.0. The van der Waals surface area contributed by atoms with Gasteiger partial charge in [0.05, 0.1) is 0 Å². The smallest absolute Gasteiger partial charge is 0.0193 e. The summed E-state index contributed by atoms with van der Waals surface area (Å²) in [6.45, 7) is 8.30. The van der Waals surface area contributed by atoms with Gasteiger partial charge < -0.3 is 10.6 Å². The van der Waals surface area contributed by atoms with Crippen LogP contribution in [0.1, 0.15) is 46.0 Å². The Balaban J connectivity index is 1.74. The molecule has 2 aliphatic carbocycles. The van der Waals surface area contributed by atoms with E-state index in [-0.39, 0.29) is 0 Å². The average molecular weight is 224 g/mol. The summed E-state index contributed by atoms with van der Waals surface area (Å²) < 4.78 is 0. The lowest BCUT2D eigenvalue weighted by atomic mass is 9.99. The second-order valence-corrected chi connectivity index (χ2v) is 6.15. The van der Waals surface area contributed by atoms with Crippen LogP contribution in [0.25, 0.3) is 0 Å². The van der Waals surface area contributed by atoms with Crippen molar-refractivity contribution in [1.82, 2.24) is 4.90 Å². The van der Waals surface area contributed by atoms with Gasteiger partial charge in [-0.1, -0.05) is 20.3 Å². The first kappa shape index (κ1) is 12.4. The van der Waals surface area contributed by atoms with Crippen LogP contribution >= 0.6 is 0 Å². The molecule has 2 heteroatoms. The molecule has 0 heterocycles. The van der Waals surface area contributed by atoms with E-state index in [2.05, 4.69) is 18.7 Å². The summed E-state index contributed by atoms with van der Waals surface area (Å²) in [6, 6.07) is 0.377. The van der Waals surface area contributed by atoms with Gasteiger partial charge in [0, 0.05) is 25.7 Å². The first-order valence-electron chi connectivity index (χ1n) is 7.17. The van der Waals surface area contributed by atoms with Gasteiger partial charge in [-0.15, -0.1) is 0 Å². The lowest BCUT2D eigenvalue weighted by Gasteiger charge is -2.28. The van der Waals surface area contributed by atoms with Crippen LogP contribution in [0.5, 0.6) is 0 Å².